The zero-order chi connectivity index (χ0) is 26.4. The minimum atomic E-state index is -0.399. The van der Waals surface area contributed by atoms with E-state index in [2.05, 4.69) is 37.5 Å². The van der Waals surface area contributed by atoms with Crippen molar-refractivity contribution in [2.45, 2.75) is 91.9 Å². The lowest BCUT2D eigenvalue weighted by atomic mass is 10.1. The second kappa shape index (κ2) is 21.2. The highest BCUT2D eigenvalue weighted by Gasteiger charge is 2.14. The highest BCUT2D eigenvalue weighted by atomic mass is 16.5. The predicted octanol–water partition coefficient (Wildman–Crippen LogP) is 6.58. The van der Waals surface area contributed by atoms with Gasteiger partial charge in [0.05, 0.1) is 11.1 Å². The first-order chi connectivity index (χ1) is 17.5. The fraction of sp³-hybridized carbons (Fsp3) is 0.733. The van der Waals surface area contributed by atoms with Crippen LogP contribution in [0.5, 0.6) is 0 Å². The maximum absolute atomic E-state index is 12.5. The first kappa shape index (κ1) is 32.1. The van der Waals surface area contributed by atoms with Crippen molar-refractivity contribution in [3.05, 3.63) is 35.4 Å². The lowest BCUT2D eigenvalue weighted by molar-refractivity contribution is 0.0461. The van der Waals surface area contributed by atoms with Crippen molar-refractivity contribution in [2.75, 3.05) is 52.5 Å². The zero-order valence-corrected chi connectivity index (χ0v) is 23.6. The van der Waals surface area contributed by atoms with Crippen molar-refractivity contribution >= 4 is 11.9 Å². The Bertz CT molecular complexity index is 655. The van der Waals surface area contributed by atoms with Gasteiger partial charge in [0.2, 0.25) is 0 Å². The molecule has 0 aliphatic heterocycles. The molecular formula is C30H52N2O4. The highest BCUT2D eigenvalue weighted by Crippen LogP contribution is 2.10. The molecule has 0 amide bonds. The van der Waals surface area contributed by atoms with Gasteiger partial charge < -0.3 is 19.3 Å². The van der Waals surface area contributed by atoms with Gasteiger partial charge in [-0.25, -0.2) is 9.59 Å². The van der Waals surface area contributed by atoms with Gasteiger partial charge in [-0.15, -0.1) is 0 Å². The van der Waals surface area contributed by atoms with Crippen LogP contribution in [0.15, 0.2) is 24.3 Å². The molecule has 0 fully saturated rings. The number of ether oxygens (including phenoxy) is 2. The molecule has 0 radical (unpaired) electrons. The molecule has 0 aromatic heterocycles. The second-order valence-corrected chi connectivity index (χ2v) is 9.55. The lowest BCUT2D eigenvalue weighted by Gasteiger charge is -2.20. The molecule has 0 aliphatic rings. The van der Waals surface area contributed by atoms with Crippen molar-refractivity contribution in [3.63, 3.8) is 0 Å². The fourth-order valence-corrected chi connectivity index (χ4v) is 4.21. The predicted molar refractivity (Wildman–Crippen MR) is 149 cm³/mol. The van der Waals surface area contributed by atoms with Crippen molar-refractivity contribution in [1.29, 1.82) is 0 Å². The first-order valence-corrected chi connectivity index (χ1v) is 14.4. The molecule has 0 heterocycles. The van der Waals surface area contributed by atoms with E-state index in [1.165, 1.54) is 64.2 Å². The zero-order valence-electron chi connectivity index (χ0n) is 23.6. The Labute approximate surface area is 220 Å². The summed E-state index contributed by atoms with van der Waals surface area (Å²) < 4.78 is 11.0. The van der Waals surface area contributed by atoms with Gasteiger partial charge >= 0.3 is 11.9 Å². The van der Waals surface area contributed by atoms with Crippen molar-refractivity contribution in [2.24, 2.45) is 0 Å². The molecule has 0 N–H and O–H groups in total. The van der Waals surface area contributed by atoms with Crippen LogP contribution in [0.4, 0.5) is 0 Å². The summed E-state index contributed by atoms with van der Waals surface area (Å²) in [6, 6.07) is 6.64. The number of benzene rings is 1. The van der Waals surface area contributed by atoms with Crippen LogP contribution in [0, 0.1) is 0 Å². The molecule has 0 unspecified atom stereocenters. The Balaban J connectivity index is 2.38. The van der Waals surface area contributed by atoms with Crippen molar-refractivity contribution in [1.82, 2.24) is 9.80 Å². The van der Waals surface area contributed by atoms with Crippen molar-refractivity contribution in [3.8, 4) is 0 Å². The van der Waals surface area contributed by atoms with Crippen LogP contribution in [0.3, 0.4) is 0 Å². The number of rotatable bonds is 22. The molecule has 1 aromatic rings. The van der Waals surface area contributed by atoms with E-state index in [0.717, 1.165) is 39.3 Å². The molecular weight excluding hydrogens is 452 g/mol. The molecule has 0 saturated heterocycles. The van der Waals surface area contributed by atoms with E-state index in [0.29, 0.717) is 24.3 Å². The van der Waals surface area contributed by atoms with Gasteiger partial charge in [-0.1, -0.05) is 85.1 Å². The number of carbonyl (C=O) groups is 2. The van der Waals surface area contributed by atoms with E-state index in [4.69, 9.17) is 9.47 Å². The molecule has 1 rings (SSSR count). The number of esters is 2. The number of hydrogen-bond donors (Lipinski definition) is 0. The van der Waals surface area contributed by atoms with Gasteiger partial charge in [-0.05, 0) is 57.2 Å². The number of likely N-dealkylation sites (N-methyl/N-ethyl adjacent to an activating group) is 2. The van der Waals surface area contributed by atoms with E-state index in [9.17, 15) is 9.59 Å². The van der Waals surface area contributed by atoms with Gasteiger partial charge in [-0.3, -0.25) is 0 Å². The van der Waals surface area contributed by atoms with Crippen LogP contribution >= 0.6 is 0 Å². The monoisotopic (exact) mass is 504 g/mol. The normalized spacial score (nSPS) is 11.3. The maximum Gasteiger partial charge on any atom is 0.338 e. The quantitative estimate of drug-likeness (QED) is 0.131. The standard InChI is InChI=1S/C30H52N2O4/c1-5-9-11-13-15-20-31(7-3)22-24-35-29(33)27-18-17-19-28(26-27)30(34)36-25-23-32(8-4)21-16-14-12-10-6-2/h17-19,26H,5-16,20-25H2,1-4H3. The Morgan fingerprint density at radius 1 is 0.611 bits per heavy atom. The third-order valence-corrected chi connectivity index (χ3v) is 6.67. The SMILES string of the molecule is CCCCCCCN(CC)CCOC(=O)c1cccc(C(=O)OCCN(CC)CCCCCCC)c1. The number of hydrogen-bond acceptors (Lipinski definition) is 6. The summed E-state index contributed by atoms with van der Waals surface area (Å²) in [4.78, 5) is 29.7. The molecule has 0 atom stereocenters. The molecule has 0 aliphatic carbocycles. The Kier molecular flexibility index (Phi) is 18.9. The van der Waals surface area contributed by atoms with Crippen molar-refractivity contribution < 1.29 is 19.1 Å². The molecule has 6 nitrogen and oxygen atoms in total. The first-order valence-electron chi connectivity index (χ1n) is 14.4. The number of unbranched alkanes of at least 4 members (excludes halogenated alkanes) is 8. The number of carbonyl (C=O) groups excluding carboxylic acids is 2. The Morgan fingerprint density at radius 2 is 1.03 bits per heavy atom. The van der Waals surface area contributed by atoms with E-state index in [1.54, 1.807) is 24.3 Å². The van der Waals surface area contributed by atoms with E-state index in [1.807, 2.05) is 0 Å². The topological polar surface area (TPSA) is 59.1 Å². The molecule has 206 valence electrons. The molecule has 0 bridgehead atoms. The highest BCUT2D eigenvalue weighted by molar-refractivity contribution is 5.95. The molecule has 36 heavy (non-hydrogen) atoms. The summed E-state index contributed by atoms with van der Waals surface area (Å²) in [6.45, 7) is 14.8. The van der Waals surface area contributed by atoms with E-state index < -0.39 is 11.9 Å². The summed E-state index contributed by atoms with van der Waals surface area (Å²) in [7, 11) is 0. The smallest absolute Gasteiger partial charge is 0.338 e. The molecule has 0 saturated carbocycles. The average Bonchev–Trinajstić information content (AvgIpc) is 2.90. The van der Waals surface area contributed by atoms with Gasteiger partial charge in [0.25, 0.3) is 0 Å². The van der Waals surface area contributed by atoms with E-state index >= 15 is 0 Å². The second-order valence-electron chi connectivity index (χ2n) is 9.55. The van der Waals surface area contributed by atoms with Crippen LogP contribution in [-0.4, -0.2) is 74.2 Å². The summed E-state index contributed by atoms with van der Waals surface area (Å²) in [5, 5.41) is 0. The van der Waals surface area contributed by atoms with Gasteiger partial charge in [0, 0.05) is 13.1 Å². The molecule has 1 aromatic carbocycles. The molecule has 0 spiro atoms. The molecule has 6 heteroatoms. The third kappa shape index (κ3) is 14.6. The van der Waals surface area contributed by atoms with Crippen LogP contribution in [0.25, 0.3) is 0 Å². The summed E-state index contributed by atoms with van der Waals surface area (Å²) in [5.41, 5.74) is 0.767. The summed E-state index contributed by atoms with van der Waals surface area (Å²) >= 11 is 0. The Morgan fingerprint density at radius 3 is 1.42 bits per heavy atom. The van der Waals surface area contributed by atoms with Gasteiger partial charge in [-0.2, -0.15) is 0 Å². The number of nitrogens with zero attached hydrogens (tertiary/aromatic N) is 2. The average molecular weight is 505 g/mol. The largest absolute Gasteiger partial charge is 0.461 e. The van der Waals surface area contributed by atoms with Crippen LogP contribution < -0.4 is 0 Å². The van der Waals surface area contributed by atoms with Crippen LogP contribution in [0.1, 0.15) is 113 Å². The fourth-order valence-electron chi connectivity index (χ4n) is 4.21. The maximum atomic E-state index is 12.5. The Hall–Kier alpha value is -1.92. The summed E-state index contributed by atoms with van der Waals surface area (Å²) in [5.74, 6) is -0.798. The summed E-state index contributed by atoms with van der Waals surface area (Å²) in [6.07, 6.45) is 12.5. The van der Waals surface area contributed by atoms with Gasteiger partial charge in [0.1, 0.15) is 13.2 Å². The minimum absolute atomic E-state index is 0.349. The lowest BCUT2D eigenvalue weighted by Crippen LogP contribution is -2.29. The third-order valence-electron chi connectivity index (χ3n) is 6.67. The minimum Gasteiger partial charge on any atom is -0.461 e. The van der Waals surface area contributed by atoms with Crippen LogP contribution in [-0.2, 0) is 9.47 Å². The van der Waals surface area contributed by atoms with E-state index in [-0.39, 0.29) is 0 Å². The van der Waals surface area contributed by atoms with Crippen LogP contribution in [0.2, 0.25) is 0 Å². The van der Waals surface area contributed by atoms with Gasteiger partial charge in [0.15, 0.2) is 0 Å².